The zero-order valence-electron chi connectivity index (χ0n) is 14.9. The van der Waals surface area contributed by atoms with Crippen molar-refractivity contribution in [1.82, 2.24) is 0 Å². The first-order valence-electron chi connectivity index (χ1n) is 8.56. The summed E-state index contributed by atoms with van der Waals surface area (Å²) in [6, 6.07) is 25.3. The SMILES string of the molecule is Cc1ccc(NC(=S)Nc2cccc(SCC(=O)c3ccccc3)c2)cc1. The van der Waals surface area contributed by atoms with Gasteiger partial charge in [-0.05, 0) is 49.5 Å². The Balaban J connectivity index is 1.56. The summed E-state index contributed by atoms with van der Waals surface area (Å²) in [5, 5.41) is 6.88. The minimum atomic E-state index is 0.121. The molecule has 2 N–H and O–H groups in total. The van der Waals surface area contributed by atoms with E-state index in [-0.39, 0.29) is 5.78 Å². The normalized spacial score (nSPS) is 10.3. The van der Waals surface area contributed by atoms with Crippen molar-refractivity contribution >= 4 is 46.3 Å². The van der Waals surface area contributed by atoms with Gasteiger partial charge in [-0.25, -0.2) is 0 Å². The van der Waals surface area contributed by atoms with Gasteiger partial charge in [0.05, 0.1) is 5.75 Å². The third-order valence-corrected chi connectivity index (χ3v) is 5.06. The second-order valence-corrected chi connectivity index (χ2v) is 7.51. The summed E-state index contributed by atoms with van der Waals surface area (Å²) in [6.07, 6.45) is 0. The van der Waals surface area contributed by atoms with E-state index < -0.39 is 0 Å². The Bertz CT molecular complexity index is 925. The van der Waals surface area contributed by atoms with Crippen LogP contribution in [0.1, 0.15) is 15.9 Å². The quantitative estimate of drug-likeness (QED) is 0.316. The third kappa shape index (κ3) is 5.94. The number of hydrogen-bond donors (Lipinski definition) is 2. The van der Waals surface area contributed by atoms with Gasteiger partial charge in [0.1, 0.15) is 0 Å². The van der Waals surface area contributed by atoms with Crippen LogP contribution in [0.15, 0.2) is 83.8 Å². The van der Waals surface area contributed by atoms with E-state index in [0.717, 1.165) is 21.8 Å². The Kier molecular flexibility index (Phi) is 6.63. The molecule has 0 fully saturated rings. The van der Waals surface area contributed by atoms with Gasteiger partial charge in [-0.1, -0.05) is 54.1 Å². The predicted octanol–water partition coefficient (Wildman–Crippen LogP) is 5.78. The molecule has 3 rings (SSSR count). The molecule has 3 aromatic carbocycles. The number of rotatable bonds is 6. The van der Waals surface area contributed by atoms with Crippen LogP contribution >= 0.6 is 24.0 Å². The van der Waals surface area contributed by atoms with Crippen LogP contribution in [0.5, 0.6) is 0 Å². The van der Waals surface area contributed by atoms with Crippen molar-refractivity contribution in [3.8, 4) is 0 Å². The van der Waals surface area contributed by atoms with Gasteiger partial charge in [-0.2, -0.15) is 0 Å². The zero-order chi connectivity index (χ0) is 19.1. The molecule has 0 saturated carbocycles. The largest absolute Gasteiger partial charge is 0.332 e. The van der Waals surface area contributed by atoms with E-state index in [2.05, 4.69) is 10.6 Å². The number of thiocarbonyl (C=S) groups is 1. The maximum absolute atomic E-state index is 12.2. The molecular weight excluding hydrogens is 372 g/mol. The van der Waals surface area contributed by atoms with Crippen LogP contribution in [0.4, 0.5) is 11.4 Å². The van der Waals surface area contributed by atoms with E-state index >= 15 is 0 Å². The summed E-state index contributed by atoms with van der Waals surface area (Å²) in [5.74, 6) is 0.523. The molecule has 3 nitrogen and oxygen atoms in total. The number of nitrogens with one attached hydrogen (secondary N) is 2. The summed E-state index contributed by atoms with van der Waals surface area (Å²) in [5.41, 5.74) is 3.77. The van der Waals surface area contributed by atoms with E-state index in [1.165, 1.54) is 17.3 Å². The molecule has 0 aliphatic carbocycles. The van der Waals surface area contributed by atoms with Gasteiger partial charge in [0.2, 0.25) is 0 Å². The topological polar surface area (TPSA) is 41.1 Å². The molecule has 0 aliphatic heterocycles. The fourth-order valence-electron chi connectivity index (χ4n) is 2.45. The van der Waals surface area contributed by atoms with E-state index in [4.69, 9.17) is 12.2 Å². The average molecular weight is 393 g/mol. The predicted molar refractivity (Wildman–Crippen MR) is 119 cm³/mol. The number of Topliss-reactive ketones (excluding diaryl/α,β-unsaturated/α-hetero) is 1. The van der Waals surface area contributed by atoms with E-state index in [9.17, 15) is 4.79 Å². The number of aryl methyl sites for hydroxylation is 1. The van der Waals surface area contributed by atoms with Crippen LogP contribution < -0.4 is 10.6 Å². The highest BCUT2D eigenvalue weighted by Crippen LogP contribution is 2.23. The van der Waals surface area contributed by atoms with Gasteiger partial charge in [-0.3, -0.25) is 4.79 Å². The highest BCUT2D eigenvalue weighted by atomic mass is 32.2. The second kappa shape index (κ2) is 9.35. The lowest BCUT2D eigenvalue weighted by Crippen LogP contribution is -2.18. The van der Waals surface area contributed by atoms with Gasteiger partial charge in [0.15, 0.2) is 10.9 Å². The van der Waals surface area contributed by atoms with Gasteiger partial charge in [0, 0.05) is 21.8 Å². The highest BCUT2D eigenvalue weighted by molar-refractivity contribution is 8.00. The number of carbonyl (C=O) groups excluding carboxylic acids is 1. The Morgan fingerprint density at radius 3 is 2.33 bits per heavy atom. The molecule has 0 aliphatic rings. The lowest BCUT2D eigenvalue weighted by Gasteiger charge is -2.11. The van der Waals surface area contributed by atoms with Crippen LogP contribution in [-0.2, 0) is 0 Å². The smallest absolute Gasteiger partial charge is 0.175 e. The van der Waals surface area contributed by atoms with Gasteiger partial charge >= 0.3 is 0 Å². The molecular formula is C22H20N2OS2. The number of thioether (sulfide) groups is 1. The molecule has 136 valence electrons. The standard InChI is InChI=1S/C22H20N2OS2/c1-16-10-12-18(13-11-16)23-22(26)24-19-8-5-9-20(14-19)27-15-21(25)17-6-3-2-4-7-17/h2-14H,15H2,1H3,(H2,23,24,26). The van der Waals surface area contributed by atoms with Crippen molar-refractivity contribution in [2.45, 2.75) is 11.8 Å². The molecule has 5 heteroatoms. The minimum Gasteiger partial charge on any atom is -0.332 e. The monoisotopic (exact) mass is 392 g/mol. The van der Waals surface area contributed by atoms with Crippen molar-refractivity contribution in [3.63, 3.8) is 0 Å². The summed E-state index contributed by atoms with van der Waals surface area (Å²) in [6.45, 7) is 2.05. The molecule has 3 aromatic rings. The molecule has 0 saturated heterocycles. The Hall–Kier alpha value is -2.63. The van der Waals surface area contributed by atoms with Crippen LogP contribution in [0.2, 0.25) is 0 Å². The number of hydrogen-bond acceptors (Lipinski definition) is 3. The number of benzene rings is 3. The lowest BCUT2D eigenvalue weighted by atomic mass is 10.2. The number of carbonyl (C=O) groups is 1. The molecule has 27 heavy (non-hydrogen) atoms. The third-order valence-electron chi connectivity index (χ3n) is 3.87. The van der Waals surface area contributed by atoms with E-state index in [1.807, 2.05) is 85.8 Å². The molecule has 0 unspecified atom stereocenters. The first-order valence-corrected chi connectivity index (χ1v) is 9.95. The van der Waals surface area contributed by atoms with Crippen LogP contribution in [0.3, 0.4) is 0 Å². The van der Waals surface area contributed by atoms with Crippen LogP contribution in [0, 0.1) is 6.92 Å². The maximum Gasteiger partial charge on any atom is 0.175 e. The molecule has 0 heterocycles. The maximum atomic E-state index is 12.2. The van der Waals surface area contributed by atoms with Gasteiger partial charge < -0.3 is 10.6 Å². The second-order valence-electron chi connectivity index (χ2n) is 6.05. The van der Waals surface area contributed by atoms with Crippen LogP contribution in [-0.4, -0.2) is 16.6 Å². The summed E-state index contributed by atoms with van der Waals surface area (Å²) in [7, 11) is 0. The zero-order valence-corrected chi connectivity index (χ0v) is 16.6. The van der Waals surface area contributed by atoms with E-state index in [1.54, 1.807) is 0 Å². The van der Waals surface area contributed by atoms with Crippen molar-refractivity contribution in [2.75, 3.05) is 16.4 Å². The van der Waals surface area contributed by atoms with Crippen molar-refractivity contribution in [3.05, 3.63) is 90.0 Å². The summed E-state index contributed by atoms with van der Waals surface area (Å²) >= 11 is 6.90. The fraction of sp³-hybridized carbons (Fsp3) is 0.0909. The van der Waals surface area contributed by atoms with E-state index in [0.29, 0.717) is 10.9 Å². The summed E-state index contributed by atoms with van der Waals surface area (Å²) < 4.78 is 0. The molecule has 0 amide bonds. The minimum absolute atomic E-state index is 0.121. The first-order chi connectivity index (χ1) is 13.1. The van der Waals surface area contributed by atoms with Gasteiger partial charge in [0.25, 0.3) is 0 Å². The average Bonchev–Trinajstić information content (AvgIpc) is 2.69. The van der Waals surface area contributed by atoms with Crippen molar-refractivity contribution < 1.29 is 4.79 Å². The fourth-order valence-corrected chi connectivity index (χ4v) is 3.54. The van der Waals surface area contributed by atoms with Crippen molar-refractivity contribution in [1.29, 1.82) is 0 Å². The molecule has 0 aromatic heterocycles. The Morgan fingerprint density at radius 1 is 0.889 bits per heavy atom. The van der Waals surface area contributed by atoms with Gasteiger partial charge in [-0.15, -0.1) is 11.8 Å². The number of ketones is 1. The number of anilines is 2. The molecule has 0 radical (unpaired) electrons. The molecule has 0 bridgehead atoms. The molecule has 0 atom stereocenters. The summed E-state index contributed by atoms with van der Waals surface area (Å²) in [4.78, 5) is 13.3. The lowest BCUT2D eigenvalue weighted by molar-refractivity contribution is 0.102. The van der Waals surface area contributed by atoms with Crippen LogP contribution in [0.25, 0.3) is 0 Å². The Labute approximate surface area is 169 Å². The Morgan fingerprint density at radius 2 is 1.59 bits per heavy atom. The highest BCUT2D eigenvalue weighted by Gasteiger charge is 2.07. The van der Waals surface area contributed by atoms with Crippen molar-refractivity contribution in [2.24, 2.45) is 0 Å². The molecule has 0 spiro atoms. The first kappa shape index (κ1) is 19.1.